The first-order chi connectivity index (χ1) is 7.85. The van der Waals surface area contributed by atoms with Gasteiger partial charge in [-0.05, 0) is 50.2 Å². The summed E-state index contributed by atoms with van der Waals surface area (Å²) in [5.41, 5.74) is 2.35. The summed E-state index contributed by atoms with van der Waals surface area (Å²) in [6.07, 6.45) is 2.70. The summed E-state index contributed by atoms with van der Waals surface area (Å²) in [6.45, 7) is 6.40. The van der Waals surface area contributed by atoms with Crippen molar-refractivity contribution in [3.8, 4) is 11.3 Å². The van der Waals surface area contributed by atoms with E-state index >= 15 is 0 Å². The van der Waals surface area contributed by atoms with Crippen LogP contribution >= 0.6 is 0 Å². The first kappa shape index (κ1) is 10.8. The zero-order valence-corrected chi connectivity index (χ0v) is 9.73. The van der Waals surface area contributed by atoms with Gasteiger partial charge in [0.15, 0.2) is 6.26 Å². The van der Waals surface area contributed by atoms with Gasteiger partial charge in [0.1, 0.15) is 5.76 Å². The molecule has 0 atom stereocenters. The van der Waals surface area contributed by atoms with Crippen LogP contribution in [0.1, 0.15) is 13.8 Å². The highest BCUT2D eigenvalue weighted by Gasteiger charge is 2.03. The molecule has 0 aliphatic carbocycles. The summed E-state index contributed by atoms with van der Waals surface area (Å²) in [6, 6.07) is 12.1. The van der Waals surface area contributed by atoms with Crippen LogP contribution in [0.3, 0.4) is 0 Å². The average molecular weight is 214 g/mol. The Morgan fingerprint density at radius 3 is 2.25 bits per heavy atom. The zero-order chi connectivity index (χ0) is 11.4. The topological polar surface area (TPSA) is 16.4 Å². The van der Waals surface area contributed by atoms with Gasteiger partial charge in [0.2, 0.25) is 0 Å². The highest BCUT2D eigenvalue weighted by molar-refractivity contribution is 5.61. The molecule has 2 aromatic rings. The number of furan rings is 1. The molecule has 0 fully saturated rings. The van der Waals surface area contributed by atoms with Gasteiger partial charge in [-0.3, -0.25) is 0 Å². The second-order valence-corrected chi connectivity index (χ2v) is 3.64. The summed E-state index contributed by atoms with van der Waals surface area (Å²) >= 11 is 0. The van der Waals surface area contributed by atoms with Crippen LogP contribution in [0.15, 0.2) is 40.8 Å². The normalized spacial score (nSPS) is 10.4. The molecule has 0 N–H and O–H groups in total. The lowest BCUT2D eigenvalue weighted by atomic mass is 10.1. The molecule has 2 rings (SSSR count). The van der Waals surface area contributed by atoms with Gasteiger partial charge in [-0.1, -0.05) is 0 Å². The fourth-order valence-electron chi connectivity index (χ4n) is 1.82. The van der Waals surface area contributed by atoms with E-state index in [1.807, 2.05) is 6.07 Å². The van der Waals surface area contributed by atoms with Crippen LogP contribution in [0.5, 0.6) is 0 Å². The van der Waals surface area contributed by atoms with Gasteiger partial charge < -0.3 is 9.32 Å². The molecule has 0 amide bonds. The van der Waals surface area contributed by atoms with Gasteiger partial charge in [0.25, 0.3) is 0 Å². The maximum Gasteiger partial charge on any atom is 0.170 e. The molecule has 0 aliphatic rings. The van der Waals surface area contributed by atoms with E-state index in [9.17, 15) is 0 Å². The molecule has 2 heteroatoms. The molecule has 0 spiro atoms. The van der Waals surface area contributed by atoms with E-state index in [1.165, 1.54) is 5.69 Å². The number of hydrogen-bond acceptors (Lipinski definition) is 2. The van der Waals surface area contributed by atoms with E-state index in [4.69, 9.17) is 4.42 Å². The molecule has 0 bridgehead atoms. The minimum Gasteiger partial charge on any atom is -0.453 e. The summed E-state index contributed by atoms with van der Waals surface area (Å²) in [7, 11) is 0. The molecule has 0 saturated carbocycles. The quantitative estimate of drug-likeness (QED) is 0.773. The van der Waals surface area contributed by atoms with Crippen molar-refractivity contribution in [3.05, 3.63) is 42.7 Å². The van der Waals surface area contributed by atoms with Crippen molar-refractivity contribution < 1.29 is 4.42 Å². The van der Waals surface area contributed by atoms with Gasteiger partial charge >= 0.3 is 0 Å². The number of rotatable bonds is 4. The average Bonchev–Trinajstić information content (AvgIpc) is 2.85. The molecule has 1 aromatic carbocycles. The lowest BCUT2D eigenvalue weighted by molar-refractivity contribution is 0.573. The van der Waals surface area contributed by atoms with Crippen LogP contribution in [0.4, 0.5) is 5.69 Å². The molecule has 1 aromatic heterocycles. The molecule has 0 unspecified atom stereocenters. The van der Waals surface area contributed by atoms with E-state index < -0.39 is 0 Å². The maximum absolute atomic E-state index is 5.23. The Hall–Kier alpha value is -1.70. The second-order valence-electron chi connectivity index (χ2n) is 3.64. The van der Waals surface area contributed by atoms with E-state index in [2.05, 4.69) is 49.3 Å². The number of anilines is 1. The highest BCUT2D eigenvalue weighted by Crippen LogP contribution is 2.23. The Labute approximate surface area is 96.5 Å². The fraction of sp³-hybridized carbons (Fsp3) is 0.286. The van der Waals surface area contributed by atoms with Crippen LogP contribution < -0.4 is 4.90 Å². The predicted molar refractivity (Wildman–Crippen MR) is 66.5 cm³/mol. The molecule has 83 valence electrons. The van der Waals surface area contributed by atoms with Gasteiger partial charge in [0, 0.05) is 24.3 Å². The molecule has 2 nitrogen and oxygen atoms in total. The largest absolute Gasteiger partial charge is 0.453 e. The highest BCUT2D eigenvalue weighted by atomic mass is 16.3. The predicted octanol–water partition coefficient (Wildman–Crippen LogP) is 3.59. The Balaban J connectivity index is 2.22. The first-order valence-electron chi connectivity index (χ1n) is 5.66. The third-order valence-corrected chi connectivity index (χ3v) is 2.75. The standard InChI is InChI=1S/C14H16NO/c1-3-15(4-2)13-9-7-12(8-10-13)14-6-5-11-16-14/h5-10H,3-4H2,1-2H3. The number of nitrogens with zero attached hydrogens (tertiary/aromatic N) is 1. The summed E-state index contributed by atoms with van der Waals surface area (Å²) in [5, 5.41) is 0. The molecule has 0 saturated heterocycles. The molecule has 1 radical (unpaired) electrons. The molecular weight excluding hydrogens is 198 g/mol. The minimum absolute atomic E-state index is 0.867. The third-order valence-electron chi connectivity index (χ3n) is 2.75. The SMILES string of the molecule is CCN(CC)c1ccc(-c2cc[c]o2)cc1. The van der Waals surface area contributed by atoms with Crippen molar-refractivity contribution in [1.29, 1.82) is 0 Å². The van der Waals surface area contributed by atoms with E-state index in [1.54, 1.807) is 6.07 Å². The number of hydrogen-bond donors (Lipinski definition) is 0. The van der Waals surface area contributed by atoms with E-state index in [0.29, 0.717) is 0 Å². The van der Waals surface area contributed by atoms with Crippen molar-refractivity contribution in [2.24, 2.45) is 0 Å². The van der Waals surface area contributed by atoms with Crippen LogP contribution in [-0.4, -0.2) is 13.1 Å². The van der Waals surface area contributed by atoms with Crippen LogP contribution in [-0.2, 0) is 0 Å². The van der Waals surface area contributed by atoms with Gasteiger partial charge in [-0.15, -0.1) is 0 Å². The monoisotopic (exact) mass is 214 g/mol. The Morgan fingerprint density at radius 1 is 1.06 bits per heavy atom. The van der Waals surface area contributed by atoms with Crippen molar-refractivity contribution in [2.75, 3.05) is 18.0 Å². The van der Waals surface area contributed by atoms with Gasteiger partial charge in [-0.25, -0.2) is 0 Å². The lowest BCUT2D eigenvalue weighted by Crippen LogP contribution is -2.21. The van der Waals surface area contributed by atoms with E-state index in [-0.39, 0.29) is 0 Å². The van der Waals surface area contributed by atoms with Gasteiger partial charge in [-0.2, -0.15) is 0 Å². The summed E-state index contributed by atoms with van der Waals surface area (Å²) < 4.78 is 5.23. The van der Waals surface area contributed by atoms with Crippen LogP contribution in [0.25, 0.3) is 11.3 Å². The Morgan fingerprint density at radius 2 is 1.75 bits per heavy atom. The third kappa shape index (κ3) is 2.11. The van der Waals surface area contributed by atoms with Crippen molar-refractivity contribution >= 4 is 5.69 Å². The first-order valence-corrected chi connectivity index (χ1v) is 5.66. The van der Waals surface area contributed by atoms with Crippen LogP contribution in [0, 0.1) is 6.26 Å². The Kier molecular flexibility index (Phi) is 3.30. The second kappa shape index (κ2) is 4.88. The van der Waals surface area contributed by atoms with Crippen LogP contribution in [0.2, 0.25) is 0 Å². The zero-order valence-electron chi connectivity index (χ0n) is 9.73. The Bertz CT molecular complexity index is 413. The van der Waals surface area contributed by atoms with E-state index in [0.717, 1.165) is 24.4 Å². The molecular formula is C14H16NO. The molecule has 16 heavy (non-hydrogen) atoms. The maximum atomic E-state index is 5.23. The smallest absolute Gasteiger partial charge is 0.170 e. The van der Waals surface area contributed by atoms with Gasteiger partial charge in [0.05, 0.1) is 0 Å². The lowest BCUT2D eigenvalue weighted by Gasteiger charge is -2.20. The van der Waals surface area contributed by atoms with Crippen molar-refractivity contribution in [1.82, 2.24) is 0 Å². The van der Waals surface area contributed by atoms with Crippen molar-refractivity contribution in [3.63, 3.8) is 0 Å². The molecule has 1 heterocycles. The summed E-state index contributed by atoms with van der Waals surface area (Å²) in [5.74, 6) is 0.867. The van der Waals surface area contributed by atoms with Crippen molar-refractivity contribution in [2.45, 2.75) is 13.8 Å². The minimum atomic E-state index is 0.867. The fourth-order valence-corrected chi connectivity index (χ4v) is 1.82. The molecule has 0 aliphatic heterocycles. The number of benzene rings is 1. The summed E-state index contributed by atoms with van der Waals surface area (Å²) in [4.78, 5) is 2.32.